The molecule has 1 heterocycles. The molecular weight excluding hydrogens is 266 g/mol. The Morgan fingerprint density at radius 3 is 2.95 bits per heavy atom. The van der Waals surface area contributed by atoms with Gasteiger partial charge in [-0.2, -0.15) is 0 Å². The molecule has 2 unspecified atom stereocenters. The largest absolute Gasteiger partial charge is 0.384 e. The van der Waals surface area contributed by atoms with Crippen molar-refractivity contribution in [2.75, 3.05) is 20.3 Å². The van der Waals surface area contributed by atoms with E-state index in [-0.39, 0.29) is 11.8 Å². The van der Waals surface area contributed by atoms with Crippen molar-refractivity contribution in [3.05, 3.63) is 36.0 Å². The molecule has 2 rings (SSSR count). The molecule has 0 spiro atoms. The summed E-state index contributed by atoms with van der Waals surface area (Å²) in [5, 5.41) is 3.99. The van der Waals surface area contributed by atoms with E-state index in [2.05, 4.69) is 10.3 Å². The molecule has 5 heteroatoms. The van der Waals surface area contributed by atoms with Crippen LogP contribution in [0.5, 0.6) is 0 Å². The van der Waals surface area contributed by atoms with Crippen LogP contribution in [-0.2, 0) is 16.0 Å². The molecule has 0 aliphatic carbocycles. The molecule has 4 N–H and O–H groups in total. The molecule has 0 fully saturated rings. The number of hydrogen-bond acceptors (Lipinski definition) is 3. The van der Waals surface area contributed by atoms with Crippen molar-refractivity contribution in [2.45, 2.75) is 19.4 Å². The van der Waals surface area contributed by atoms with Crippen LogP contribution in [0.1, 0.15) is 12.5 Å². The number of H-pyrrole nitrogens is 1. The average Bonchev–Trinajstić information content (AvgIpc) is 2.88. The number of para-hydroxylation sites is 1. The van der Waals surface area contributed by atoms with Gasteiger partial charge >= 0.3 is 0 Å². The van der Waals surface area contributed by atoms with Gasteiger partial charge in [-0.3, -0.25) is 4.79 Å². The van der Waals surface area contributed by atoms with E-state index in [0.29, 0.717) is 19.6 Å². The first-order valence-corrected chi connectivity index (χ1v) is 7.19. The van der Waals surface area contributed by atoms with Crippen LogP contribution in [0.25, 0.3) is 10.9 Å². The second-order valence-corrected chi connectivity index (χ2v) is 5.48. The molecule has 0 saturated heterocycles. The lowest BCUT2D eigenvalue weighted by Gasteiger charge is -2.15. The van der Waals surface area contributed by atoms with Crippen molar-refractivity contribution in [1.29, 1.82) is 0 Å². The summed E-state index contributed by atoms with van der Waals surface area (Å²) in [6.07, 6.45) is 2.44. The molecule has 1 aromatic heterocycles. The number of aromatic nitrogens is 1. The maximum absolute atomic E-state index is 12.0. The molecule has 0 bridgehead atoms. The number of benzene rings is 1. The van der Waals surface area contributed by atoms with E-state index in [1.54, 1.807) is 7.11 Å². The Labute approximate surface area is 124 Å². The van der Waals surface area contributed by atoms with E-state index in [1.807, 2.05) is 37.4 Å². The quantitative estimate of drug-likeness (QED) is 0.721. The van der Waals surface area contributed by atoms with Gasteiger partial charge in [0.15, 0.2) is 0 Å². The number of nitrogens with two attached hydrogens (primary N) is 1. The van der Waals surface area contributed by atoms with E-state index in [0.717, 1.165) is 16.5 Å². The molecule has 21 heavy (non-hydrogen) atoms. The Hall–Kier alpha value is -1.85. The maximum Gasteiger partial charge on any atom is 0.237 e. The van der Waals surface area contributed by atoms with Crippen molar-refractivity contribution in [3.8, 4) is 0 Å². The molecular formula is C16H23N3O2. The van der Waals surface area contributed by atoms with E-state index >= 15 is 0 Å². The molecule has 0 radical (unpaired) electrons. The predicted molar refractivity (Wildman–Crippen MR) is 84.0 cm³/mol. The first-order valence-electron chi connectivity index (χ1n) is 7.19. The first-order chi connectivity index (χ1) is 10.1. The smallest absolute Gasteiger partial charge is 0.237 e. The van der Waals surface area contributed by atoms with Crippen LogP contribution in [0.2, 0.25) is 0 Å². The van der Waals surface area contributed by atoms with Crippen LogP contribution >= 0.6 is 0 Å². The molecule has 1 amide bonds. The Morgan fingerprint density at radius 1 is 1.43 bits per heavy atom. The standard InChI is InChI=1S/C16H23N3O2/c1-11(10-21-2)8-19-16(20)14(17)7-12-9-18-15-6-4-3-5-13(12)15/h3-6,9,11,14,18H,7-8,10,17H2,1-2H3,(H,19,20). The van der Waals surface area contributed by atoms with E-state index in [1.165, 1.54) is 0 Å². The average molecular weight is 289 g/mol. The fourth-order valence-corrected chi connectivity index (χ4v) is 2.38. The zero-order chi connectivity index (χ0) is 15.2. The van der Waals surface area contributed by atoms with Gasteiger partial charge < -0.3 is 20.8 Å². The molecule has 2 aromatic rings. The molecule has 1 aromatic carbocycles. The SMILES string of the molecule is COCC(C)CNC(=O)C(N)Cc1c[nH]c2ccccc12. The predicted octanol–water partition coefficient (Wildman–Crippen LogP) is 1.44. The van der Waals surface area contributed by atoms with Crippen LogP contribution in [0.15, 0.2) is 30.5 Å². The number of ether oxygens (including phenoxy) is 1. The number of aromatic amines is 1. The van der Waals surface area contributed by atoms with Gasteiger partial charge in [0.05, 0.1) is 12.6 Å². The summed E-state index contributed by atoms with van der Waals surface area (Å²) in [5.41, 5.74) is 8.13. The third-order valence-corrected chi connectivity index (χ3v) is 3.53. The van der Waals surface area contributed by atoms with Gasteiger partial charge in [-0.1, -0.05) is 25.1 Å². The Morgan fingerprint density at radius 2 is 2.19 bits per heavy atom. The third-order valence-electron chi connectivity index (χ3n) is 3.53. The minimum absolute atomic E-state index is 0.122. The lowest BCUT2D eigenvalue weighted by molar-refractivity contribution is -0.122. The fourth-order valence-electron chi connectivity index (χ4n) is 2.38. The van der Waals surface area contributed by atoms with Crippen LogP contribution in [0.4, 0.5) is 0 Å². The second kappa shape index (κ2) is 7.24. The minimum Gasteiger partial charge on any atom is -0.384 e. The number of carbonyl (C=O) groups is 1. The summed E-state index contributed by atoms with van der Waals surface area (Å²) in [6, 6.07) is 7.46. The van der Waals surface area contributed by atoms with Gasteiger partial charge in [-0.15, -0.1) is 0 Å². The lowest BCUT2D eigenvalue weighted by atomic mass is 10.0. The lowest BCUT2D eigenvalue weighted by Crippen LogP contribution is -2.43. The van der Waals surface area contributed by atoms with E-state index < -0.39 is 6.04 Å². The van der Waals surface area contributed by atoms with Crippen molar-refractivity contribution in [3.63, 3.8) is 0 Å². The van der Waals surface area contributed by atoms with E-state index in [9.17, 15) is 4.79 Å². The van der Waals surface area contributed by atoms with Crippen LogP contribution in [-0.4, -0.2) is 37.2 Å². The van der Waals surface area contributed by atoms with Crippen LogP contribution in [0, 0.1) is 5.92 Å². The highest BCUT2D eigenvalue weighted by atomic mass is 16.5. The highest BCUT2D eigenvalue weighted by Gasteiger charge is 2.16. The molecule has 0 aliphatic heterocycles. The Balaban J connectivity index is 1.91. The topological polar surface area (TPSA) is 80.1 Å². The molecule has 0 aliphatic rings. The Kier molecular flexibility index (Phi) is 5.36. The molecule has 2 atom stereocenters. The monoisotopic (exact) mass is 289 g/mol. The molecule has 5 nitrogen and oxygen atoms in total. The summed E-state index contributed by atoms with van der Waals surface area (Å²) in [5.74, 6) is 0.155. The van der Waals surface area contributed by atoms with Gasteiger partial charge in [0.2, 0.25) is 5.91 Å². The molecule has 114 valence electrons. The number of rotatable bonds is 7. The van der Waals surface area contributed by atoms with Gasteiger partial charge in [0.25, 0.3) is 0 Å². The zero-order valence-electron chi connectivity index (χ0n) is 12.6. The highest BCUT2D eigenvalue weighted by molar-refractivity contribution is 5.86. The summed E-state index contributed by atoms with van der Waals surface area (Å²) in [6.45, 7) is 3.22. The maximum atomic E-state index is 12.0. The summed E-state index contributed by atoms with van der Waals surface area (Å²) in [4.78, 5) is 15.2. The minimum atomic E-state index is -0.543. The number of fused-ring (bicyclic) bond motifs is 1. The fraction of sp³-hybridized carbons (Fsp3) is 0.438. The van der Waals surface area contributed by atoms with E-state index in [4.69, 9.17) is 10.5 Å². The second-order valence-electron chi connectivity index (χ2n) is 5.48. The van der Waals surface area contributed by atoms with Gasteiger partial charge in [0, 0.05) is 30.8 Å². The van der Waals surface area contributed by atoms with Crippen molar-refractivity contribution >= 4 is 16.8 Å². The van der Waals surface area contributed by atoms with Crippen LogP contribution in [0.3, 0.4) is 0 Å². The number of carbonyl (C=O) groups excluding carboxylic acids is 1. The number of amides is 1. The van der Waals surface area contributed by atoms with Crippen molar-refractivity contribution in [1.82, 2.24) is 10.3 Å². The number of nitrogens with one attached hydrogen (secondary N) is 2. The van der Waals surface area contributed by atoms with Gasteiger partial charge in [0.1, 0.15) is 0 Å². The zero-order valence-corrected chi connectivity index (χ0v) is 12.6. The number of hydrogen-bond donors (Lipinski definition) is 3. The molecule has 0 saturated carbocycles. The normalized spacial score (nSPS) is 14.0. The van der Waals surface area contributed by atoms with Gasteiger partial charge in [-0.05, 0) is 24.0 Å². The third kappa shape index (κ3) is 4.06. The summed E-state index contributed by atoms with van der Waals surface area (Å²) in [7, 11) is 1.65. The number of methoxy groups -OCH3 is 1. The first kappa shape index (κ1) is 15.5. The summed E-state index contributed by atoms with van der Waals surface area (Å²) >= 11 is 0. The Bertz CT molecular complexity index is 594. The van der Waals surface area contributed by atoms with Crippen molar-refractivity contribution < 1.29 is 9.53 Å². The van der Waals surface area contributed by atoms with Crippen LogP contribution < -0.4 is 11.1 Å². The van der Waals surface area contributed by atoms with Crippen molar-refractivity contribution in [2.24, 2.45) is 11.7 Å². The summed E-state index contributed by atoms with van der Waals surface area (Å²) < 4.78 is 5.04. The highest BCUT2D eigenvalue weighted by Crippen LogP contribution is 2.18. The van der Waals surface area contributed by atoms with Gasteiger partial charge in [-0.25, -0.2) is 0 Å².